The summed E-state index contributed by atoms with van der Waals surface area (Å²) >= 11 is 0. The summed E-state index contributed by atoms with van der Waals surface area (Å²) in [5, 5.41) is 20.4. The Labute approximate surface area is 133 Å². The van der Waals surface area contributed by atoms with Crippen LogP contribution in [0.2, 0.25) is 0 Å². The third-order valence-corrected chi connectivity index (χ3v) is 3.46. The lowest BCUT2D eigenvalue weighted by molar-refractivity contribution is -0.384. The monoisotopic (exact) mass is 317 g/mol. The Kier molecular flexibility index (Phi) is 4.95. The summed E-state index contributed by atoms with van der Waals surface area (Å²) in [5.41, 5.74) is 2.29. The van der Waals surface area contributed by atoms with Crippen LogP contribution in [-0.4, -0.2) is 20.7 Å². The zero-order valence-electron chi connectivity index (χ0n) is 13.2. The smallest absolute Gasteiger partial charge is 0.319 e. The highest BCUT2D eigenvalue weighted by atomic mass is 16.6. The van der Waals surface area contributed by atoms with Crippen LogP contribution in [0, 0.1) is 17.0 Å². The second-order valence-corrected chi connectivity index (χ2v) is 5.15. The van der Waals surface area contributed by atoms with Crippen LogP contribution in [0.15, 0.2) is 30.5 Å². The van der Waals surface area contributed by atoms with Crippen LogP contribution in [0.25, 0.3) is 0 Å². The first kappa shape index (κ1) is 16.5. The van der Waals surface area contributed by atoms with Crippen molar-refractivity contribution < 1.29 is 9.72 Å². The summed E-state index contributed by atoms with van der Waals surface area (Å²) < 4.78 is 1.82. The molecule has 0 spiro atoms. The molecule has 1 heterocycles. The highest BCUT2D eigenvalue weighted by Gasteiger charge is 2.15. The van der Waals surface area contributed by atoms with Crippen molar-refractivity contribution in [2.24, 2.45) is 0 Å². The van der Waals surface area contributed by atoms with Crippen LogP contribution in [0.1, 0.15) is 31.1 Å². The van der Waals surface area contributed by atoms with Gasteiger partial charge in [-0.15, -0.1) is 0 Å². The number of nitrogens with one attached hydrogen (secondary N) is 2. The largest absolute Gasteiger partial charge is 0.331 e. The molecule has 2 rings (SSSR count). The molecule has 1 aromatic carbocycles. The van der Waals surface area contributed by atoms with Gasteiger partial charge >= 0.3 is 6.03 Å². The van der Waals surface area contributed by atoms with E-state index in [0.29, 0.717) is 5.69 Å². The summed E-state index contributed by atoms with van der Waals surface area (Å²) in [6, 6.07) is 5.08. The van der Waals surface area contributed by atoms with E-state index in [2.05, 4.69) is 15.7 Å². The maximum absolute atomic E-state index is 12.0. The van der Waals surface area contributed by atoms with E-state index in [1.54, 1.807) is 0 Å². The Morgan fingerprint density at radius 3 is 2.57 bits per heavy atom. The number of non-ortho nitro benzene ring substituents is 1. The van der Waals surface area contributed by atoms with Crippen molar-refractivity contribution in [1.82, 2.24) is 15.1 Å². The number of benzene rings is 1. The zero-order chi connectivity index (χ0) is 17.0. The Bertz CT molecular complexity index is 708. The highest BCUT2D eigenvalue weighted by Crippen LogP contribution is 2.18. The molecule has 0 aliphatic rings. The molecule has 122 valence electrons. The number of amides is 2. The third kappa shape index (κ3) is 4.06. The molecule has 0 aliphatic carbocycles. The topological polar surface area (TPSA) is 102 Å². The van der Waals surface area contributed by atoms with Gasteiger partial charge in [0.05, 0.1) is 16.7 Å². The fraction of sp³-hybridized carbons (Fsp3) is 0.333. The summed E-state index contributed by atoms with van der Waals surface area (Å²) in [6.07, 6.45) is 1.91. The standard InChI is InChI=1S/C15H19N5O3/c1-4-19-9-14(11(3)18-19)10(2)16-15(21)17-12-5-7-13(8-6-12)20(22)23/h5-10H,4H2,1-3H3,(H2,16,17,21)/t10-/m1/s1. The first-order chi connectivity index (χ1) is 10.9. The fourth-order valence-corrected chi connectivity index (χ4v) is 2.23. The van der Waals surface area contributed by atoms with Crippen molar-refractivity contribution >= 4 is 17.4 Å². The molecule has 0 saturated heterocycles. The molecule has 2 amide bonds. The zero-order valence-corrected chi connectivity index (χ0v) is 13.2. The Morgan fingerprint density at radius 2 is 2.04 bits per heavy atom. The number of urea groups is 1. The van der Waals surface area contributed by atoms with Crippen LogP contribution >= 0.6 is 0 Å². The van der Waals surface area contributed by atoms with E-state index in [4.69, 9.17) is 0 Å². The summed E-state index contributed by atoms with van der Waals surface area (Å²) in [5.74, 6) is 0. The van der Waals surface area contributed by atoms with E-state index in [0.717, 1.165) is 17.8 Å². The predicted molar refractivity (Wildman–Crippen MR) is 86.3 cm³/mol. The molecule has 0 unspecified atom stereocenters. The number of aryl methyl sites for hydroxylation is 2. The number of anilines is 1. The van der Waals surface area contributed by atoms with Gasteiger partial charge in [-0.1, -0.05) is 0 Å². The van der Waals surface area contributed by atoms with Crippen molar-refractivity contribution in [3.63, 3.8) is 0 Å². The molecule has 2 N–H and O–H groups in total. The van der Waals surface area contributed by atoms with E-state index < -0.39 is 4.92 Å². The molecular formula is C15H19N5O3. The quantitative estimate of drug-likeness (QED) is 0.653. The molecule has 1 atom stereocenters. The second-order valence-electron chi connectivity index (χ2n) is 5.15. The molecule has 0 radical (unpaired) electrons. The molecule has 1 aromatic heterocycles. The maximum atomic E-state index is 12.0. The minimum absolute atomic E-state index is 0.0214. The van der Waals surface area contributed by atoms with Gasteiger partial charge < -0.3 is 10.6 Å². The van der Waals surface area contributed by atoms with Gasteiger partial charge in [-0.2, -0.15) is 5.10 Å². The number of carbonyl (C=O) groups excluding carboxylic acids is 1. The Balaban J connectivity index is 1.98. The normalized spacial score (nSPS) is 11.8. The molecule has 0 saturated carbocycles. The second kappa shape index (κ2) is 6.91. The van der Waals surface area contributed by atoms with Crippen molar-refractivity contribution in [3.8, 4) is 0 Å². The van der Waals surface area contributed by atoms with E-state index in [1.165, 1.54) is 24.3 Å². The molecule has 0 bridgehead atoms. The van der Waals surface area contributed by atoms with Crippen LogP contribution in [0.4, 0.5) is 16.2 Å². The lowest BCUT2D eigenvalue weighted by Crippen LogP contribution is -2.31. The van der Waals surface area contributed by atoms with E-state index in [9.17, 15) is 14.9 Å². The highest BCUT2D eigenvalue weighted by molar-refractivity contribution is 5.89. The van der Waals surface area contributed by atoms with Crippen molar-refractivity contribution in [1.29, 1.82) is 0 Å². The SMILES string of the molecule is CCn1cc([C@@H](C)NC(=O)Nc2ccc([N+](=O)[O-])cc2)c(C)n1. The summed E-state index contributed by atoms with van der Waals surface area (Å²) in [7, 11) is 0. The van der Waals surface area contributed by atoms with Gasteiger partial charge in [0.15, 0.2) is 0 Å². The average Bonchev–Trinajstić information content (AvgIpc) is 2.89. The minimum atomic E-state index is -0.486. The van der Waals surface area contributed by atoms with Crippen molar-refractivity contribution in [3.05, 3.63) is 51.8 Å². The maximum Gasteiger partial charge on any atom is 0.319 e. The van der Waals surface area contributed by atoms with Gasteiger partial charge in [-0.05, 0) is 32.9 Å². The lowest BCUT2D eigenvalue weighted by atomic mass is 10.1. The number of nitro groups is 1. The fourth-order valence-electron chi connectivity index (χ4n) is 2.23. The van der Waals surface area contributed by atoms with Gasteiger partial charge in [-0.3, -0.25) is 14.8 Å². The van der Waals surface area contributed by atoms with E-state index in [-0.39, 0.29) is 17.8 Å². The number of carbonyl (C=O) groups is 1. The van der Waals surface area contributed by atoms with Crippen LogP contribution in [-0.2, 0) is 6.54 Å². The number of hydrogen-bond acceptors (Lipinski definition) is 4. The Hall–Kier alpha value is -2.90. The third-order valence-electron chi connectivity index (χ3n) is 3.46. The van der Waals surface area contributed by atoms with Gasteiger partial charge in [0.25, 0.3) is 5.69 Å². The number of nitrogens with zero attached hydrogens (tertiary/aromatic N) is 3. The summed E-state index contributed by atoms with van der Waals surface area (Å²) in [4.78, 5) is 22.1. The van der Waals surface area contributed by atoms with E-state index in [1.807, 2.05) is 31.6 Å². The van der Waals surface area contributed by atoms with Crippen molar-refractivity contribution in [2.75, 3.05) is 5.32 Å². The number of nitro benzene ring substituents is 1. The molecule has 0 aliphatic heterocycles. The van der Waals surface area contributed by atoms with Gasteiger partial charge in [0.2, 0.25) is 0 Å². The van der Waals surface area contributed by atoms with Crippen molar-refractivity contribution in [2.45, 2.75) is 33.4 Å². The van der Waals surface area contributed by atoms with Gasteiger partial charge in [0.1, 0.15) is 0 Å². The minimum Gasteiger partial charge on any atom is -0.331 e. The van der Waals surface area contributed by atoms with Gasteiger partial charge in [-0.25, -0.2) is 4.79 Å². The Morgan fingerprint density at radius 1 is 1.39 bits per heavy atom. The lowest BCUT2D eigenvalue weighted by Gasteiger charge is -2.14. The first-order valence-corrected chi connectivity index (χ1v) is 7.26. The molecule has 8 heteroatoms. The van der Waals surface area contributed by atoms with Crippen LogP contribution in [0.5, 0.6) is 0 Å². The predicted octanol–water partition coefficient (Wildman–Crippen LogP) is 3.00. The molecular weight excluding hydrogens is 298 g/mol. The molecule has 2 aromatic rings. The molecule has 0 fully saturated rings. The van der Waals surface area contributed by atoms with Gasteiger partial charge in [0, 0.05) is 36.1 Å². The number of aromatic nitrogens is 2. The molecule has 23 heavy (non-hydrogen) atoms. The number of rotatable bonds is 5. The van der Waals surface area contributed by atoms with Crippen LogP contribution in [0.3, 0.4) is 0 Å². The number of hydrogen-bond donors (Lipinski definition) is 2. The molecule has 8 nitrogen and oxygen atoms in total. The summed E-state index contributed by atoms with van der Waals surface area (Å²) in [6.45, 7) is 6.53. The van der Waals surface area contributed by atoms with E-state index >= 15 is 0 Å². The first-order valence-electron chi connectivity index (χ1n) is 7.26. The van der Waals surface area contributed by atoms with Crippen LogP contribution < -0.4 is 10.6 Å². The average molecular weight is 317 g/mol.